The number of pyridine rings is 1. The fraction of sp³-hybridized carbons (Fsp3) is 0.600. The maximum absolute atomic E-state index is 4.39. The summed E-state index contributed by atoms with van der Waals surface area (Å²) in [5, 5.41) is 6.65. The maximum atomic E-state index is 4.39. The first-order chi connectivity index (χ1) is 9.54. The van der Waals surface area contributed by atoms with Gasteiger partial charge in [0.1, 0.15) is 5.82 Å². The fourth-order valence-electron chi connectivity index (χ4n) is 1.85. The number of hydrogen-bond donors (Lipinski definition) is 2. The van der Waals surface area contributed by atoms with E-state index >= 15 is 0 Å². The van der Waals surface area contributed by atoms with E-state index in [1.54, 1.807) is 7.05 Å². The smallest absolute Gasteiger partial charge is 0.191 e. The summed E-state index contributed by atoms with van der Waals surface area (Å²) in [5.41, 5.74) is 1.16. The van der Waals surface area contributed by atoms with Crippen molar-refractivity contribution in [3.05, 3.63) is 23.9 Å². The number of anilines is 1. The molecule has 1 rings (SSSR count). The molecule has 1 aromatic heterocycles. The van der Waals surface area contributed by atoms with Crippen LogP contribution in [0.25, 0.3) is 0 Å². The van der Waals surface area contributed by atoms with Gasteiger partial charge < -0.3 is 15.5 Å². The van der Waals surface area contributed by atoms with Crippen LogP contribution in [-0.4, -0.2) is 38.6 Å². The van der Waals surface area contributed by atoms with Crippen LogP contribution in [0.15, 0.2) is 23.3 Å². The zero-order valence-electron chi connectivity index (χ0n) is 13.3. The van der Waals surface area contributed by atoms with Crippen molar-refractivity contribution >= 4 is 11.8 Å². The maximum Gasteiger partial charge on any atom is 0.191 e. The Morgan fingerprint density at radius 2 is 2.10 bits per heavy atom. The zero-order chi connectivity index (χ0) is 15.0. The molecular formula is C15H27N5. The molecule has 0 spiro atoms. The van der Waals surface area contributed by atoms with Gasteiger partial charge in [0.15, 0.2) is 5.96 Å². The van der Waals surface area contributed by atoms with E-state index in [1.807, 2.05) is 31.3 Å². The normalized spacial score (nSPS) is 11.6. The van der Waals surface area contributed by atoms with Gasteiger partial charge in [-0.2, -0.15) is 0 Å². The third kappa shape index (κ3) is 5.47. The van der Waals surface area contributed by atoms with Gasteiger partial charge in [-0.15, -0.1) is 0 Å². The first kappa shape index (κ1) is 16.3. The van der Waals surface area contributed by atoms with Crippen molar-refractivity contribution in [3.63, 3.8) is 0 Å². The van der Waals surface area contributed by atoms with Crippen LogP contribution in [0.2, 0.25) is 0 Å². The van der Waals surface area contributed by atoms with Crippen LogP contribution in [0, 0.1) is 5.92 Å². The molecular weight excluding hydrogens is 250 g/mol. The largest absolute Gasteiger partial charge is 0.362 e. The molecule has 5 nitrogen and oxygen atoms in total. The summed E-state index contributed by atoms with van der Waals surface area (Å²) in [6, 6.07) is 4.04. The van der Waals surface area contributed by atoms with Gasteiger partial charge in [0.05, 0.1) is 0 Å². The van der Waals surface area contributed by atoms with E-state index in [1.165, 1.54) is 0 Å². The average molecular weight is 277 g/mol. The molecule has 0 amide bonds. The molecule has 0 bridgehead atoms. The molecule has 5 heteroatoms. The van der Waals surface area contributed by atoms with Crippen LogP contribution in [-0.2, 0) is 6.54 Å². The Morgan fingerprint density at radius 3 is 2.70 bits per heavy atom. The van der Waals surface area contributed by atoms with Crippen molar-refractivity contribution in [1.82, 2.24) is 15.6 Å². The molecule has 0 aliphatic carbocycles. The van der Waals surface area contributed by atoms with Crippen LogP contribution < -0.4 is 15.5 Å². The Balaban J connectivity index is 2.53. The summed E-state index contributed by atoms with van der Waals surface area (Å²) in [5.74, 6) is 2.51. The number of aliphatic imine (C=N–C) groups is 1. The van der Waals surface area contributed by atoms with Crippen molar-refractivity contribution in [2.75, 3.05) is 32.6 Å². The molecule has 0 aliphatic rings. The quantitative estimate of drug-likeness (QED) is 0.615. The van der Waals surface area contributed by atoms with E-state index in [0.717, 1.165) is 30.3 Å². The minimum atomic E-state index is 0.694. The first-order valence-electron chi connectivity index (χ1n) is 7.10. The molecule has 0 saturated carbocycles. The second-order valence-electron chi connectivity index (χ2n) is 5.42. The Bertz CT molecular complexity index is 426. The number of hydrogen-bond acceptors (Lipinski definition) is 3. The van der Waals surface area contributed by atoms with Crippen molar-refractivity contribution in [1.29, 1.82) is 0 Å². The van der Waals surface area contributed by atoms with Gasteiger partial charge >= 0.3 is 0 Å². The van der Waals surface area contributed by atoms with Crippen LogP contribution in [0.1, 0.15) is 25.8 Å². The van der Waals surface area contributed by atoms with Gasteiger partial charge in [0, 0.05) is 46.0 Å². The molecule has 0 unspecified atom stereocenters. The Hall–Kier alpha value is -1.78. The first-order valence-corrected chi connectivity index (χ1v) is 7.10. The standard InChI is InChI=1S/C15H27N5/c1-12(2)8-10-18-15(16-3)19-11-13-7-6-9-17-14(13)20(4)5/h6-7,9,12H,8,10-11H2,1-5H3,(H2,16,18,19). The highest BCUT2D eigenvalue weighted by Crippen LogP contribution is 2.13. The molecule has 1 aromatic rings. The summed E-state index contributed by atoms with van der Waals surface area (Å²) < 4.78 is 0. The van der Waals surface area contributed by atoms with Gasteiger partial charge in [-0.1, -0.05) is 19.9 Å². The van der Waals surface area contributed by atoms with Crippen LogP contribution in [0.4, 0.5) is 5.82 Å². The molecule has 0 aromatic carbocycles. The van der Waals surface area contributed by atoms with Gasteiger partial charge in [-0.05, 0) is 18.4 Å². The highest BCUT2D eigenvalue weighted by atomic mass is 15.2. The molecule has 0 radical (unpaired) electrons. The van der Waals surface area contributed by atoms with E-state index < -0.39 is 0 Å². The lowest BCUT2D eigenvalue weighted by Crippen LogP contribution is -2.37. The Morgan fingerprint density at radius 1 is 1.35 bits per heavy atom. The molecule has 0 fully saturated rings. The topological polar surface area (TPSA) is 52.6 Å². The molecule has 0 atom stereocenters. The highest BCUT2D eigenvalue weighted by molar-refractivity contribution is 5.79. The summed E-state index contributed by atoms with van der Waals surface area (Å²) in [7, 11) is 5.80. The predicted molar refractivity (Wildman–Crippen MR) is 86.2 cm³/mol. The lowest BCUT2D eigenvalue weighted by atomic mass is 10.1. The highest BCUT2D eigenvalue weighted by Gasteiger charge is 2.06. The molecule has 0 saturated heterocycles. The Labute approximate surface area is 122 Å². The predicted octanol–water partition coefficient (Wildman–Crippen LogP) is 1.86. The SMILES string of the molecule is CN=C(NCCC(C)C)NCc1cccnc1N(C)C. The van der Waals surface area contributed by atoms with Crippen LogP contribution in [0.3, 0.4) is 0 Å². The number of nitrogens with zero attached hydrogens (tertiary/aromatic N) is 3. The second kappa shape index (κ2) is 8.40. The third-order valence-electron chi connectivity index (χ3n) is 2.98. The van der Waals surface area contributed by atoms with Gasteiger partial charge in [-0.3, -0.25) is 4.99 Å². The molecule has 1 heterocycles. The van der Waals surface area contributed by atoms with Gasteiger partial charge in [0.2, 0.25) is 0 Å². The van der Waals surface area contributed by atoms with E-state index in [9.17, 15) is 0 Å². The van der Waals surface area contributed by atoms with Crippen LogP contribution >= 0.6 is 0 Å². The lowest BCUT2D eigenvalue weighted by Gasteiger charge is -2.17. The third-order valence-corrected chi connectivity index (χ3v) is 2.98. The van der Waals surface area contributed by atoms with Crippen molar-refractivity contribution < 1.29 is 0 Å². The molecule has 112 valence electrons. The molecule has 0 aliphatic heterocycles. The fourth-order valence-corrected chi connectivity index (χ4v) is 1.85. The summed E-state index contributed by atoms with van der Waals surface area (Å²) >= 11 is 0. The monoisotopic (exact) mass is 277 g/mol. The average Bonchev–Trinajstić information content (AvgIpc) is 2.42. The Kier molecular flexibility index (Phi) is 6.84. The van der Waals surface area contributed by atoms with E-state index in [0.29, 0.717) is 12.5 Å². The summed E-state index contributed by atoms with van der Waals surface area (Å²) in [4.78, 5) is 10.6. The van der Waals surface area contributed by atoms with E-state index in [2.05, 4.69) is 40.5 Å². The summed E-state index contributed by atoms with van der Waals surface area (Å²) in [6.07, 6.45) is 2.95. The molecule has 20 heavy (non-hydrogen) atoms. The number of rotatable bonds is 6. The summed E-state index contributed by atoms with van der Waals surface area (Å²) in [6.45, 7) is 6.08. The van der Waals surface area contributed by atoms with Crippen molar-refractivity contribution in [2.24, 2.45) is 10.9 Å². The van der Waals surface area contributed by atoms with Crippen LogP contribution in [0.5, 0.6) is 0 Å². The van der Waals surface area contributed by atoms with E-state index in [4.69, 9.17) is 0 Å². The van der Waals surface area contributed by atoms with Crippen molar-refractivity contribution in [3.8, 4) is 0 Å². The minimum Gasteiger partial charge on any atom is -0.362 e. The number of aromatic nitrogens is 1. The van der Waals surface area contributed by atoms with Gasteiger partial charge in [0.25, 0.3) is 0 Å². The number of guanidine groups is 1. The molecule has 2 N–H and O–H groups in total. The van der Waals surface area contributed by atoms with E-state index in [-0.39, 0.29) is 0 Å². The minimum absolute atomic E-state index is 0.694. The second-order valence-corrected chi connectivity index (χ2v) is 5.42. The number of nitrogens with one attached hydrogen (secondary N) is 2. The van der Waals surface area contributed by atoms with Crippen molar-refractivity contribution in [2.45, 2.75) is 26.8 Å². The lowest BCUT2D eigenvalue weighted by molar-refractivity contribution is 0.573. The zero-order valence-corrected chi connectivity index (χ0v) is 13.3. The van der Waals surface area contributed by atoms with Gasteiger partial charge in [-0.25, -0.2) is 4.98 Å².